The molecule has 1 aromatic carbocycles. The highest BCUT2D eigenvalue weighted by molar-refractivity contribution is 7.17. The van der Waals surface area contributed by atoms with Gasteiger partial charge in [-0.2, -0.15) is 9.97 Å². The van der Waals surface area contributed by atoms with Crippen molar-refractivity contribution in [1.82, 2.24) is 24.5 Å². The van der Waals surface area contributed by atoms with E-state index in [-0.39, 0.29) is 6.79 Å². The van der Waals surface area contributed by atoms with Crippen molar-refractivity contribution in [2.45, 2.75) is 33.9 Å². The van der Waals surface area contributed by atoms with Crippen molar-refractivity contribution in [3.8, 4) is 11.5 Å². The zero-order chi connectivity index (χ0) is 23.7. The lowest BCUT2D eigenvalue weighted by atomic mass is 10.2. The topological polar surface area (TPSA) is 125 Å². The Balaban J connectivity index is 1.43. The van der Waals surface area contributed by atoms with Gasteiger partial charge in [-0.25, -0.2) is 14.8 Å². The second-order valence-electron chi connectivity index (χ2n) is 7.42. The zero-order valence-electron chi connectivity index (χ0n) is 18.9. The van der Waals surface area contributed by atoms with Gasteiger partial charge in [0.2, 0.25) is 12.7 Å². The second kappa shape index (κ2) is 9.14. The summed E-state index contributed by atoms with van der Waals surface area (Å²) >= 11 is 1.20. The molecule has 0 unspecified atom stereocenters. The number of nitrogens with one attached hydrogen (secondary N) is 2. The molecule has 176 valence electrons. The van der Waals surface area contributed by atoms with Gasteiger partial charge in [0.05, 0.1) is 18.6 Å². The smallest absolute Gasteiger partial charge is 0.350 e. The molecule has 4 heterocycles. The Kier molecular flexibility index (Phi) is 5.88. The first kappa shape index (κ1) is 21.9. The van der Waals surface area contributed by atoms with E-state index in [2.05, 4.69) is 30.6 Å². The van der Waals surface area contributed by atoms with Crippen molar-refractivity contribution in [1.29, 1.82) is 0 Å². The standard InChI is InChI=1S/C22H23N7O4S/c1-4-29-10-24-19-16(29)18(23-9-13-6-7-14-15(8-13)33-11-32-14)26-21(27-19)28-22-25-12(3)17(34-22)20(30)31-5-2/h6-8,10H,4-5,9,11H2,1-3H3,(H2,23,25,26,27,28). The fourth-order valence-electron chi connectivity index (χ4n) is 3.57. The molecule has 0 atom stereocenters. The molecule has 0 bridgehead atoms. The zero-order valence-corrected chi connectivity index (χ0v) is 19.7. The van der Waals surface area contributed by atoms with Gasteiger partial charge < -0.3 is 24.1 Å². The first-order valence-electron chi connectivity index (χ1n) is 10.8. The minimum Gasteiger partial charge on any atom is -0.462 e. The van der Waals surface area contributed by atoms with Crippen LogP contribution in [0, 0.1) is 6.92 Å². The van der Waals surface area contributed by atoms with Gasteiger partial charge >= 0.3 is 5.97 Å². The highest BCUT2D eigenvalue weighted by Gasteiger charge is 2.19. The number of carbonyl (C=O) groups excluding carboxylic acids is 1. The summed E-state index contributed by atoms with van der Waals surface area (Å²) in [5.74, 6) is 2.03. The predicted molar refractivity (Wildman–Crippen MR) is 127 cm³/mol. The lowest BCUT2D eigenvalue weighted by molar-refractivity contribution is 0.0531. The number of anilines is 3. The fourth-order valence-corrected chi connectivity index (χ4v) is 4.42. The Hall–Kier alpha value is -3.93. The number of esters is 1. The maximum absolute atomic E-state index is 12.1. The third-order valence-corrected chi connectivity index (χ3v) is 6.24. The van der Waals surface area contributed by atoms with Crippen LogP contribution in [0.3, 0.4) is 0 Å². The largest absolute Gasteiger partial charge is 0.462 e. The molecule has 0 saturated carbocycles. The van der Waals surface area contributed by atoms with Gasteiger partial charge in [-0.1, -0.05) is 17.4 Å². The van der Waals surface area contributed by atoms with Crippen molar-refractivity contribution in [2.75, 3.05) is 24.0 Å². The summed E-state index contributed by atoms with van der Waals surface area (Å²) in [5.41, 5.74) is 2.95. The van der Waals surface area contributed by atoms with E-state index in [1.165, 1.54) is 11.3 Å². The Labute approximate surface area is 199 Å². The lowest BCUT2D eigenvalue weighted by Gasteiger charge is -2.11. The molecule has 1 aliphatic heterocycles. The molecule has 0 fully saturated rings. The van der Waals surface area contributed by atoms with Crippen LogP contribution in [0.25, 0.3) is 11.2 Å². The maximum Gasteiger partial charge on any atom is 0.350 e. The molecular formula is C22H23N7O4S. The van der Waals surface area contributed by atoms with Crippen molar-refractivity contribution in [2.24, 2.45) is 0 Å². The first-order chi connectivity index (χ1) is 16.6. The van der Waals surface area contributed by atoms with Crippen LogP contribution in [-0.4, -0.2) is 43.9 Å². The third-order valence-electron chi connectivity index (χ3n) is 5.19. The summed E-state index contributed by atoms with van der Waals surface area (Å²) in [4.78, 5) is 30.7. The highest BCUT2D eigenvalue weighted by atomic mass is 32.1. The summed E-state index contributed by atoms with van der Waals surface area (Å²) in [6, 6.07) is 5.81. The van der Waals surface area contributed by atoms with E-state index in [9.17, 15) is 4.79 Å². The van der Waals surface area contributed by atoms with E-state index >= 15 is 0 Å². The molecule has 5 rings (SSSR count). The Bertz CT molecular complexity index is 1370. The summed E-state index contributed by atoms with van der Waals surface area (Å²) < 4.78 is 17.9. The van der Waals surface area contributed by atoms with Gasteiger partial charge in [0.15, 0.2) is 28.1 Å². The van der Waals surface area contributed by atoms with Crippen molar-refractivity contribution in [3.05, 3.63) is 40.7 Å². The Morgan fingerprint density at radius 2 is 2.06 bits per heavy atom. The minimum atomic E-state index is -0.394. The van der Waals surface area contributed by atoms with Gasteiger partial charge in [0.1, 0.15) is 10.4 Å². The van der Waals surface area contributed by atoms with Gasteiger partial charge in [-0.15, -0.1) is 0 Å². The van der Waals surface area contributed by atoms with Gasteiger partial charge in [0.25, 0.3) is 0 Å². The SMILES string of the molecule is CCOC(=O)c1sc(Nc2nc(NCc3ccc4c(c3)OCO4)c3c(ncn3CC)n2)nc1C. The lowest BCUT2D eigenvalue weighted by Crippen LogP contribution is -2.07. The van der Waals surface area contributed by atoms with Crippen LogP contribution in [-0.2, 0) is 17.8 Å². The molecule has 2 N–H and O–H groups in total. The summed E-state index contributed by atoms with van der Waals surface area (Å²) in [6.07, 6.45) is 1.74. The fraction of sp³-hybridized carbons (Fsp3) is 0.318. The maximum atomic E-state index is 12.1. The molecule has 12 heteroatoms. The summed E-state index contributed by atoms with van der Waals surface area (Å²) in [6.45, 7) is 7.34. The van der Waals surface area contributed by atoms with Crippen molar-refractivity contribution in [3.63, 3.8) is 0 Å². The van der Waals surface area contributed by atoms with Crippen LogP contribution in [0.5, 0.6) is 11.5 Å². The van der Waals surface area contributed by atoms with E-state index < -0.39 is 5.97 Å². The van der Waals surface area contributed by atoms with Crippen molar-refractivity contribution < 1.29 is 19.0 Å². The molecule has 0 radical (unpaired) electrons. The monoisotopic (exact) mass is 481 g/mol. The van der Waals surface area contributed by atoms with Crippen LogP contribution in [0.2, 0.25) is 0 Å². The molecule has 0 spiro atoms. The molecular weight excluding hydrogens is 458 g/mol. The minimum absolute atomic E-state index is 0.234. The molecule has 34 heavy (non-hydrogen) atoms. The van der Waals surface area contributed by atoms with E-state index in [4.69, 9.17) is 14.2 Å². The quantitative estimate of drug-likeness (QED) is 0.358. The number of carbonyl (C=O) groups is 1. The molecule has 11 nitrogen and oxygen atoms in total. The number of thiazole rings is 1. The molecule has 0 saturated heterocycles. The number of rotatable bonds is 8. The Morgan fingerprint density at radius 3 is 2.88 bits per heavy atom. The average molecular weight is 482 g/mol. The number of benzene rings is 1. The van der Waals surface area contributed by atoms with Crippen LogP contribution in [0.1, 0.15) is 34.8 Å². The Morgan fingerprint density at radius 1 is 1.21 bits per heavy atom. The van der Waals surface area contributed by atoms with Crippen LogP contribution >= 0.6 is 11.3 Å². The number of aryl methyl sites for hydroxylation is 2. The van der Waals surface area contributed by atoms with Crippen LogP contribution in [0.15, 0.2) is 24.5 Å². The molecule has 4 aromatic rings. The third kappa shape index (κ3) is 4.19. The molecule has 0 aliphatic carbocycles. The highest BCUT2D eigenvalue weighted by Crippen LogP contribution is 2.33. The van der Waals surface area contributed by atoms with Crippen LogP contribution < -0.4 is 20.1 Å². The molecule has 3 aromatic heterocycles. The van der Waals surface area contributed by atoms with E-state index in [0.717, 1.165) is 29.1 Å². The normalized spacial score (nSPS) is 12.2. The number of aromatic nitrogens is 5. The number of imidazole rings is 1. The number of hydrogen-bond acceptors (Lipinski definition) is 11. The second-order valence-corrected chi connectivity index (χ2v) is 8.42. The van der Waals surface area contributed by atoms with Gasteiger partial charge in [-0.05, 0) is 38.5 Å². The van der Waals surface area contributed by atoms with Crippen LogP contribution in [0.4, 0.5) is 16.9 Å². The number of hydrogen-bond donors (Lipinski definition) is 2. The number of nitrogens with zero attached hydrogens (tertiary/aromatic N) is 5. The van der Waals surface area contributed by atoms with E-state index in [1.807, 2.05) is 29.7 Å². The molecule has 1 aliphatic rings. The number of fused-ring (bicyclic) bond motifs is 2. The first-order valence-corrected chi connectivity index (χ1v) is 11.6. The average Bonchev–Trinajstić information content (AvgIpc) is 3.55. The van der Waals surface area contributed by atoms with E-state index in [0.29, 0.717) is 46.3 Å². The molecule has 0 amide bonds. The van der Waals surface area contributed by atoms with Crippen molar-refractivity contribution >= 4 is 45.4 Å². The summed E-state index contributed by atoms with van der Waals surface area (Å²) in [7, 11) is 0. The number of ether oxygens (including phenoxy) is 3. The predicted octanol–water partition coefficient (Wildman–Crippen LogP) is 3.87. The van der Waals surface area contributed by atoms with E-state index in [1.54, 1.807) is 20.2 Å². The van der Waals surface area contributed by atoms with Gasteiger partial charge in [0, 0.05) is 13.1 Å². The summed E-state index contributed by atoms with van der Waals surface area (Å²) in [5, 5.41) is 7.00. The van der Waals surface area contributed by atoms with Gasteiger partial charge in [-0.3, -0.25) is 5.32 Å².